The van der Waals surface area contributed by atoms with Gasteiger partial charge in [-0.1, -0.05) is 5.21 Å². The smallest absolute Gasteiger partial charge is 0.273 e. The van der Waals surface area contributed by atoms with E-state index in [0.717, 1.165) is 4.90 Å². The van der Waals surface area contributed by atoms with E-state index in [0.29, 0.717) is 0 Å². The van der Waals surface area contributed by atoms with E-state index in [2.05, 4.69) is 20.6 Å². The summed E-state index contributed by atoms with van der Waals surface area (Å²) >= 11 is 0. The lowest BCUT2D eigenvalue weighted by atomic mass is 10.1. The first-order valence-corrected chi connectivity index (χ1v) is 8.68. The van der Waals surface area contributed by atoms with Gasteiger partial charge in [0.1, 0.15) is 5.56 Å². The second-order valence-electron chi connectivity index (χ2n) is 6.46. The Labute approximate surface area is 164 Å². The van der Waals surface area contributed by atoms with Gasteiger partial charge in [0.05, 0.1) is 39.5 Å². The van der Waals surface area contributed by atoms with Gasteiger partial charge in [-0.25, -0.2) is 13.5 Å². The summed E-state index contributed by atoms with van der Waals surface area (Å²) in [5, 5.41) is 9.90. The fourth-order valence-corrected chi connectivity index (χ4v) is 3.14. The van der Waals surface area contributed by atoms with Crippen LogP contribution >= 0.6 is 0 Å². The van der Waals surface area contributed by atoms with Crippen LogP contribution in [0.5, 0.6) is 11.8 Å². The van der Waals surface area contributed by atoms with E-state index < -0.39 is 36.7 Å². The quantitative estimate of drug-likeness (QED) is 0.742. The third kappa shape index (κ3) is 4.25. The summed E-state index contributed by atoms with van der Waals surface area (Å²) in [4.78, 5) is 29.7. The van der Waals surface area contributed by atoms with Crippen LogP contribution in [0, 0.1) is 0 Å². The predicted octanol–water partition coefficient (Wildman–Crippen LogP) is 0.600. The Balaban J connectivity index is 1.85. The molecule has 2 amide bonds. The van der Waals surface area contributed by atoms with Gasteiger partial charge >= 0.3 is 0 Å². The molecular formula is C17H20F2N6O4. The second-order valence-corrected chi connectivity index (χ2v) is 6.46. The van der Waals surface area contributed by atoms with Crippen molar-refractivity contribution < 1.29 is 27.8 Å². The maximum absolute atomic E-state index is 14.1. The van der Waals surface area contributed by atoms with Crippen LogP contribution in [0.3, 0.4) is 0 Å². The lowest BCUT2D eigenvalue weighted by molar-refractivity contribution is 0.0117. The Morgan fingerprint density at radius 3 is 2.72 bits per heavy atom. The molecule has 0 radical (unpaired) electrons. The Hall–Kier alpha value is -3.31. The van der Waals surface area contributed by atoms with Crippen molar-refractivity contribution in [3.05, 3.63) is 29.6 Å². The number of hydrogen-bond acceptors (Lipinski definition) is 7. The molecule has 1 N–H and O–H groups in total. The number of likely N-dealkylation sites (tertiary alicyclic amines) is 1. The Kier molecular flexibility index (Phi) is 5.62. The summed E-state index contributed by atoms with van der Waals surface area (Å²) < 4.78 is 39.7. The number of alkyl halides is 2. The zero-order chi connectivity index (χ0) is 21.2. The van der Waals surface area contributed by atoms with Crippen LogP contribution in [0.4, 0.5) is 8.78 Å². The lowest BCUT2D eigenvalue weighted by Crippen LogP contribution is -2.39. The molecule has 10 nitrogen and oxygen atoms in total. The minimum atomic E-state index is -3.06. The van der Waals surface area contributed by atoms with Gasteiger partial charge in [-0.2, -0.15) is 4.98 Å². The molecule has 1 aliphatic rings. The van der Waals surface area contributed by atoms with E-state index in [1.165, 1.54) is 44.3 Å². The minimum Gasteiger partial charge on any atom is -0.481 e. The van der Waals surface area contributed by atoms with E-state index in [1.54, 1.807) is 0 Å². The first-order chi connectivity index (χ1) is 13.8. The summed E-state index contributed by atoms with van der Waals surface area (Å²) in [6, 6.07) is 2.01. The zero-order valence-corrected chi connectivity index (χ0v) is 16.1. The molecule has 0 aromatic carbocycles. The third-order valence-corrected chi connectivity index (χ3v) is 4.50. The van der Waals surface area contributed by atoms with Crippen LogP contribution in [0.25, 0.3) is 0 Å². The van der Waals surface area contributed by atoms with Crippen molar-refractivity contribution in [3.63, 3.8) is 0 Å². The molecule has 1 aliphatic heterocycles. The largest absolute Gasteiger partial charge is 0.481 e. The van der Waals surface area contributed by atoms with Crippen molar-refractivity contribution in [1.29, 1.82) is 0 Å². The Morgan fingerprint density at radius 2 is 2.07 bits per heavy atom. The van der Waals surface area contributed by atoms with E-state index in [4.69, 9.17) is 9.47 Å². The van der Waals surface area contributed by atoms with E-state index in [9.17, 15) is 18.4 Å². The highest BCUT2D eigenvalue weighted by Gasteiger charge is 2.47. The number of carbonyl (C=O) groups excluding carboxylic acids is 2. The molecule has 1 saturated heterocycles. The number of ether oxygens (including phenoxy) is 2. The standard InChI is InChI=1S/C17H20F2N6O4/c1-20-14(26)12-8-24(23-22-12)7-10-6-17(18,19)9-25(10)16(27)11-4-5-13(28-2)21-15(11)29-3/h4-5,8,10H,6-7,9H2,1-3H3,(H,20,26). The summed E-state index contributed by atoms with van der Waals surface area (Å²) in [7, 11) is 4.17. The van der Waals surface area contributed by atoms with E-state index in [1.807, 2.05) is 0 Å². The molecule has 29 heavy (non-hydrogen) atoms. The molecule has 1 unspecified atom stereocenters. The number of halogens is 2. The number of methoxy groups -OCH3 is 2. The monoisotopic (exact) mass is 410 g/mol. The van der Waals surface area contributed by atoms with E-state index >= 15 is 0 Å². The molecule has 156 valence electrons. The van der Waals surface area contributed by atoms with Gasteiger partial charge in [-0.05, 0) is 6.07 Å². The highest BCUT2D eigenvalue weighted by molar-refractivity contribution is 5.97. The maximum Gasteiger partial charge on any atom is 0.273 e. The molecule has 12 heteroatoms. The van der Waals surface area contributed by atoms with Crippen molar-refractivity contribution in [1.82, 2.24) is 30.2 Å². The second kappa shape index (κ2) is 7.97. The number of hydrogen-bond donors (Lipinski definition) is 1. The first kappa shape index (κ1) is 20.4. The molecule has 0 aliphatic carbocycles. The average Bonchev–Trinajstić information content (AvgIpc) is 3.30. The minimum absolute atomic E-state index is 0.0222. The SMILES string of the molecule is CNC(=O)c1cn(CC2CC(F)(F)CN2C(=O)c2ccc(OC)nc2OC)nn1. The van der Waals surface area contributed by atoms with E-state index in [-0.39, 0.29) is 29.6 Å². The highest BCUT2D eigenvalue weighted by Crippen LogP contribution is 2.35. The lowest BCUT2D eigenvalue weighted by Gasteiger charge is -2.24. The fraction of sp³-hybridized carbons (Fsp3) is 0.471. The van der Waals surface area contributed by atoms with Gasteiger partial charge in [0.25, 0.3) is 17.7 Å². The first-order valence-electron chi connectivity index (χ1n) is 8.68. The van der Waals surface area contributed by atoms with Gasteiger partial charge in [-0.3, -0.25) is 9.59 Å². The van der Waals surface area contributed by atoms with Crippen LogP contribution in [0.1, 0.15) is 27.3 Å². The molecule has 1 fully saturated rings. The maximum atomic E-state index is 14.1. The summed E-state index contributed by atoms with van der Waals surface area (Å²) in [5.41, 5.74) is 0.0943. The zero-order valence-electron chi connectivity index (χ0n) is 16.1. The van der Waals surface area contributed by atoms with Gasteiger partial charge in [0, 0.05) is 19.5 Å². The molecule has 3 heterocycles. The third-order valence-electron chi connectivity index (χ3n) is 4.50. The van der Waals surface area contributed by atoms with Gasteiger partial charge < -0.3 is 19.7 Å². The number of carbonyl (C=O) groups is 2. The van der Waals surface area contributed by atoms with Crippen molar-refractivity contribution in [2.75, 3.05) is 27.8 Å². The van der Waals surface area contributed by atoms with Crippen LogP contribution in [-0.2, 0) is 6.54 Å². The van der Waals surface area contributed by atoms with Gasteiger partial charge in [-0.15, -0.1) is 5.10 Å². The Bertz CT molecular complexity index is 919. The molecule has 2 aromatic rings. The van der Waals surface area contributed by atoms with Gasteiger partial charge in [0.2, 0.25) is 11.8 Å². The highest BCUT2D eigenvalue weighted by atomic mass is 19.3. The van der Waals surface area contributed by atoms with Crippen LogP contribution in [0.15, 0.2) is 18.3 Å². The Morgan fingerprint density at radius 1 is 1.31 bits per heavy atom. The van der Waals surface area contributed by atoms with Crippen molar-refractivity contribution in [2.45, 2.75) is 24.9 Å². The number of rotatable bonds is 6. The molecule has 0 saturated carbocycles. The summed E-state index contributed by atoms with van der Waals surface area (Å²) in [5.74, 6) is -3.95. The predicted molar refractivity (Wildman–Crippen MR) is 95.1 cm³/mol. The molecule has 2 aromatic heterocycles. The van der Waals surface area contributed by atoms with Gasteiger partial charge in [0.15, 0.2) is 5.69 Å². The van der Waals surface area contributed by atoms with Crippen molar-refractivity contribution in [2.24, 2.45) is 0 Å². The average molecular weight is 410 g/mol. The van der Waals surface area contributed by atoms with Crippen LogP contribution in [0.2, 0.25) is 0 Å². The molecule has 0 spiro atoms. The number of aromatic nitrogens is 4. The topological polar surface area (TPSA) is 111 Å². The summed E-state index contributed by atoms with van der Waals surface area (Å²) in [6.07, 6.45) is 0.799. The van der Waals surface area contributed by atoms with Crippen LogP contribution < -0.4 is 14.8 Å². The van der Waals surface area contributed by atoms with Crippen LogP contribution in [-0.4, -0.2) is 76.5 Å². The summed E-state index contributed by atoms with van der Waals surface area (Å²) in [6.45, 7) is -0.792. The number of amides is 2. The molecule has 1 atom stereocenters. The molecular weight excluding hydrogens is 390 g/mol. The number of pyridine rings is 1. The van der Waals surface area contributed by atoms with Crippen molar-refractivity contribution in [3.8, 4) is 11.8 Å². The normalized spacial score (nSPS) is 17.8. The molecule has 3 rings (SSSR count). The fourth-order valence-electron chi connectivity index (χ4n) is 3.14. The number of nitrogens with one attached hydrogen (secondary N) is 1. The molecule has 0 bridgehead atoms. The van der Waals surface area contributed by atoms with Crippen molar-refractivity contribution >= 4 is 11.8 Å². The number of nitrogens with zero attached hydrogens (tertiary/aromatic N) is 5.